The number of carbonyl (C=O) groups is 2. The number of amides is 2. The molecule has 0 aliphatic heterocycles. The summed E-state index contributed by atoms with van der Waals surface area (Å²) in [4.78, 5) is 49.6. The smallest absolute Gasteiger partial charge is 0.342 e. The van der Waals surface area contributed by atoms with Crippen molar-refractivity contribution >= 4 is 40.6 Å². The fraction of sp³-hybridized carbons (Fsp3) is 0.176. The van der Waals surface area contributed by atoms with Crippen LogP contribution in [0.3, 0.4) is 0 Å². The molecule has 0 aromatic carbocycles. The topological polar surface area (TPSA) is 130 Å². The van der Waals surface area contributed by atoms with Gasteiger partial charge < -0.3 is 15.6 Å². The molecule has 0 radical (unpaired) electrons. The van der Waals surface area contributed by atoms with E-state index in [2.05, 4.69) is 30.6 Å². The Bertz CT molecular complexity index is 1200. The summed E-state index contributed by atoms with van der Waals surface area (Å²) in [6.07, 6.45) is -1.62. The van der Waals surface area contributed by atoms with Gasteiger partial charge in [-0.15, -0.1) is 11.3 Å². The van der Waals surface area contributed by atoms with Crippen LogP contribution < -0.4 is 16.2 Å². The number of halogens is 4. The monoisotopic (exact) mass is 472 g/mol. The first kappa shape index (κ1) is 22.4. The number of anilines is 1. The van der Waals surface area contributed by atoms with E-state index in [1.165, 1.54) is 6.20 Å². The Morgan fingerprint density at radius 1 is 1.16 bits per heavy atom. The van der Waals surface area contributed by atoms with Gasteiger partial charge in [0.1, 0.15) is 21.4 Å². The van der Waals surface area contributed by atoms with E-state index in [1.54, 1.807) is 6.92 Å². The number of rotatable bonds is 5. The second-order valence-corrected chi connectivity index (χ2v) is 7.52. The first-order chi connectivity index (χ1) is 14.5. The molecule has 9 nitrogen and oxygen atoms in total. The minimum Gasteiger partial charge on any atom is -0.342 e. The van der Waals surface area contributed by atoms with Crippen LogP contribution in [0.5, 0.6) is 0 Å². The minimum atomic E-state index is -4.71. The standard InChI is InChI=1S/C17H12ClF3N6O3S/c1-7(26-14(29)10-3-13(28)25-6-24-10)16-23-5-11(31-16)15(30)27-12-2-8(17(19,20)21)9(18)4-22-12/h2-7H,1H3,(H,26,29)(H,22,27,30)(H,24,25,28). The molecule has 0 aliphatic rings. The molecule has 0 saturated carbocycles. The normalized spacial score (nSPS) is 12.3. The zero-order valence-corrected chi connectivity index (χ0v) is 17.0. The van der Waals surface area contributed by atoms with Gasteiger partial charge in [0.2, 0.25) is 0 Å². The van der Waals surface area contributed by atoms with Gasteiger partial charge in [-0.3, -0.25) is 14.4 Å². The lowest BCUT2D eigenvalue weighted by atomic mass is 10.2. The van der Waals surface area contributed by atoms with Crippen molar-refractivity contribution in [3.05, 3.63) is 67.4 Å². The fourth-order valence-corrected chi connectivity index (χ4v) is 3.35. The molecule has 0 spiro atoms. The Morgan fingerprint density at radius 2 is 1.90 bits per heavy atom. The van der Waals surface area contributed by atoms with Gasteiger partial charge in [0.05, 0.1) is 29.2 Å². The van der Waals surface area contributed by atoms with Crippen molar-refractivity contribution in [1.82, 2.24) is 25.3 Å². The highest BCUT2D eigenvalue weighted by Gasteiger charge is 2.34. The lowest BCUT2D eigenvalue weighted by Gasteiger charge is -2.11. The summed E-state index contributed by atoms with van der Waals surface area (Å²) < 4.78 is 38.8. The molecule has 1 unspecified atom stereocenters. The molecule has 14 heteroatoms. The summed E-state index contributed by atoms with van der Waals surface area (Å²) in [6.45, 7) is 1.60. The van der Waals surface area contributed by atoms with Crippen LogP contribution in [0.1, 0.15) is 43.7 Å². The first-order valence-electron chi connectivity index (χ1n) is 8.40. The number of hydrogen-bond donors (Lipinski definition) is 3. The number of hydrogen-bond acceptors (Lipinski definition) is 7. The highest BCUT2D eigenvalue weighted by molar-refractivity contribution is 7.13. The Hall–Kier alpha value is -3.32. The van der Waals surface area contributed by atoms with E-state index in [1.807, 2.05) is 0 Å². The molecule has 0 bridgehead atoms. The zero-order chi connectivity index (χ0) is 22.8. The van der Waals surface area contributed by atoms with Gasteiger partial charge in [-0.25, -0.2) is 15.0 Å². The average molecular weight is 473 g/mol. The molecule has 0 saturated heterocycles. The van der Waals surface area contributed by atoms with Gasteiger partial charge in [0.25, 0.3) is 17.4 Å². The number of nitrogens with zero attached hydrogens (tertiary/aromatic N) is 3. The van der Waals surface area contributed by atoms with Crippen LogP contribution >= 0.6 is 22.9 Å². The molecule has 3 rings (SSSR count). The third-order valence-electron chi connectivity index (χ3n) is 3.78. The van der Waals surface area contributed by atoms with Crippen molar-refractivity contribution in [1.29, 1.82) is 0 Å². The molecular weight excluding hydrogens is 461 g/mol. The molecular formula is C17H12ClF3N6O3S. The number of H-pyrrole nitrogens is 1. The largest absolute Gasteiger partial charge is 0.418 e. The molecule has 1 atom stereocenters. The van der Waals surface area contributed by atoms with Gasteiger partial charge in [-0.1, -0.05) is 11.6 Å². The predicted molar refractivity (Wildman–Crippen MR) is 105 cm³/mol. The van der Waals surface area contributed by atoms with E-state index in [4.69, 9.17) is 11.6 Å². The molecule has 162 valence electrons. The Morgan fingerprint density at radius 3 is 2.58 bits per heavy atom. The highest BCUT2D eigenvalue weighted by atomic mass is 35.5. The van der Waals surface area contributed by atoms with Gasteiger partial charge in [-0.05, 0) is 13.0 Å². The summed E-state index contributed by atoms with van der Waals surface area (Å²) in [5.74, 6) is -1.69. The molecule has 3 aromatic rings. The average Bonchev–Trinajstić information content (AvgIpc) is 3.19. The second-order valence-electron chi connectivity index (χ2n) is 6.06. The highest BCUT2D eigenvalue weighted by Crippen LogP contribution is 2.35. The Kier molecular flexibility index (Phi) is 6.36. The summed E-state index contributed by atoms with van der Waals surface area (Å²) in [5, 5.41) is 4.59. The Balaban J connectivity index is 1.69. The van der Waals surface area contributed by atoms with Crippen molar-refractivity contribution in [2.24, 2.45) is 0 Å². The van der Waals surface area contributed by atoms with E-state index in [0.29, 0.717) is 11.1 Å². The maximum atomic E-state index is 12.9. The molecule has 31 heavy (non-hydrogen) atoms. The van der Waals surface area contributed by atoms with Crippen LogP contribution in [-0.2, 0) is 6.18 Å². The second kappa shape index (κ2) is 8.81. The summed E-state index contributed by atoms with van der Waals surface area (Å²) in [6, 6.07) is 1.02. The van der Waals surface area contributed by atoms with Crippen LogP contribution in [0.4, 0.5) is 19.0 Å². The van der Waals surface area contributed by atoms with E-state index in [9.17, 15) is 27.6 Å². The van der Waals surface area contributed by atoms with Crippen molar-refractivity contribution in [2.75, 3.05) is 5.32 Å². The molecule has 2 amide bonds. The summed E-state index contributed by atoms with van der Waals surface area (Å²) in [7, 11) is 0. The first-order valence-corrected chi connectivity index (χ1v) is 9.59. The van der Waals surface area contributed by atoms with Crippen molar-refractivity contribution in [2.45, 2.75) is 19.1 Å². The lowest BCUT2D eigenvalue weighted by molar-refractivity contribution is -0.137. The lowest BCUT2D eigenvalue weighted by Crippen LogP contribution is -2.28. The number of alkyl halides is 3. The van der Waals surface area contributed by atoms with Gasteiger partial charge in [0.15, 0.2) is 0 Å². The van der Waals surface area contributed by atoms with Gasteiger partial charge in [-0.2, -0.15) is 13.2 Å². The maximum absolute atomic E-state index is 12.9. The summed E-state index contributed by atoms with van der Waals surface area (Å²) >= 11 is 6.43. The third-order valence-corrected chi connectivity index (χ3v) is 5.26. The number of thiazole rings is 1. The third kappa shape index (κ3) is 5.44. The molecule has 3 heterocycles. The maximum Gasteiger partial charge on any atom is 0.418 e. The van der Waals surface area contributed by atoms with Crippen LogP contribution in [-0.4, -0.2) is 31.8 Å². The van der Waals surface area contributed by atoms with Crippen LogP contribution in [0.25, 0.3) is 0 Å². The number of aromatic amines is 1. The van der Waals surface area contributed by atoms with Gasteiger partial charge in [0, 0.05) is 12.3 Å². The zero-order valence-electron chi connectivity index (χ0n) is 15.5. The molecule has 3 N–H and O–H groups in total. The van der Waals surface area contributed by atoms with E-state index < -0.39 is 40.2 Å². The fourth-order valence-electron chi connectivity index (χ4n) is 2.32. The molecule has 3 aromatic heterocycles. The number of carbonyl (C=O) groups excluding carboxylic acids is 2. The van der Waals surface area contributed by atoms with Crippen molar-refractivity contribution in [3.8, 4) is 0 Å². The number of pyridine rings is 1. The quantitative estimate of drug-likeness (QED) is 0.523. The van der Waals surface area contributed by atoms with Crippen molar-refractivity contribution < 1.29 is 22.8 Å². The van der Waals surface area contributed by atoms with Crippen LogP contribution in [0, 0.1) is 0 Å². The van der Waals surface area contributed by atoms with Gasteiger partial charge >= 0.3 is 6.18 Å². The number of nitrogens with one attached hydrogen (secondary N) is 3. The molecule has 0 fully saturated rings. The summed E-state index contributed by atoms with van der Waals surface area (Å²) in [5.41, 5.74) is -1.72. The van der Waals surface area contributed by atoms with E-state index in [0.717, 1.165) is 29.9 Å². The van der Waals surface area contributed by atoms with Crippen molar-refractivity contribution in [3.63, 3.8) is 0 Å². The van der Waals surface area contributed by atoms with E-state index in [-0.39, 0.29) is 16.4 Å². The van der Waals surface area contributed by atoms with Crippen LogP contribution in [0.15, 0.2) is 35.6 Å². The minimum absolute atomic E-state index is 0.0793. The SMILES string of the molecule is CC(NC(=O)c1cc(=O)[nH]cn1)c1ncc(C(=O)Nc2cc(C(F)(F)F)c(Cl)cn2)s1. The van der Waals surface area contributed by atoms with Crippen LogP contribution in [0.2, 0.25) is 5.02 Å². The van der Waals surface area contributed by atoms with E-state index >= 15 is 0 Å². The predicted octanol–water partition coefficient (Wildman–Crippen LogP) is 3.04. The Labute approximate surface area is 180 Å². The molecule has 0 aliphatic carbocycles. The number of aromatic nitrogens is 4.